The number of hydrogen-bond acceptors (Lipinski definition) is 0. The molecule has 45 heavy (non-hydrogen) atoms. The van der Waals surface area contributed by atoms with Crippen LogP contribution in [0.1, 0.15) is 45.2 Å². The van der Waals surface area contributed by atoms with Crippen molar-refractivity contribution in [2.24, 2.45) is 0 Å². The SMILES string of the molecule is CCCc1c2ccccc2cc2c1ccc1c(-c3c4ccccc4c(-c4ccc(C(C)(C)C)cc4)c4ccccc34)cccc12. The Kier molecular flexibility index (Phi) is 6.50. The number of rotatable bonds is 4. The van der Waals surface area contributed by atoms with Crippen molar-refractivity contribution >= 4 is 53.9 Å². The maximum absolute atomic E-state index is 2.41. The molecule has 0 saturated heterocycles. The third-order valence-electron chi connectivity index (χ3n) is 9.75. The van der Waals surface area contributed by atoms with Gasteiger partial charge in [0.05, 0.1) is 0 Å². The summed E-state index contributed by atoms with van der Waals surface area (Å²) in [5.74, 6) is 0. The van der Waals surface area contributed by atoms with Gasteiger partial charge in [-0.25, -0.2) is 0 Å². The Morgan fingerprint density at radius 2 is 1.00 bits per heavy atom. The lowest BCUT2D eigenvalue weighted by molar-refractivity contribution is 0.590. The van der Waals surface area contributed by atoms with Crippen LogP contribution < -0.4 is 0 Å². The Bertz CT molecular complexity index is 2340. The first-order valence-corrected chi connectivity index (χ1v) is 16.3. The molecule has 0 heterocycles. The summed E-state index contributed by atoms with van der Waals surface area (Å²) in [5.41, 5.74) is 8.13. The highest BCUT2D eigenvalue weighted by Crippen LogP contribution is 2.46. The average molecular weight is 579 g/mol. The predicted molar refractivity (Wildman–Crippen MR) is 198 cm³/mol. The zero-order valence-electron chi connectivity index (χ0n) is 26.6. The molecular weight excluding hydrogens is 540 g/mol. The highest BCUT2D eigenvalue weighted by molar-refractivity contribution is 6.25. The van der Waals surface area contributed by atoms with Gasteiger partial charge in [-0.2, -0.15) is 0 Å². The van der Waals surface area contributed by atoms with E-state index in [-0.39, 0.29) is 5.41 Å². The zero-order chi connectivity index (χ0) is 30.7. The van der Waals surface area contributed by atoms with E-state index in [4.69, 9.17) is 0 Å². The molecule has 0 heteroatoms. The fourth-order valence-electron chi connectivity index (χ4n) is 7.60. The van der Waals surface area contributed by atoms with Gasteiger partial charge in [0.15, 0.2) is 0 Å². The number of benzene rings is 8. The quantitative estimate of drug-likeness (QED) is 0.144. The number of aryl methyl sites for hydroxylation is 1. The molecule has 0 aliphatic carbocycles. The van der Waals surface area contributed by atoms with Crippen molar-refractivity contribution in [2.45, 2.75) is 46.0 Å². The molecule has 0 aliphatic rings. The Hall–Kier alpha value is -4.94. The van der Waals surface area contributed by atoms with E-state index in [0.29, 0.717) is 0 Å². The maximum atomic E-state index is 2.41. The van der Waals surface area contributed by atoms with Crippen LogP contribution in [0.4, 0.5) is 0 Å². The molecule has 0 amide bonds. The van der Waals surface area contributed by atoms with E-state index < -0.39 is 0 Å². The molecule has 0 unspecified atom stereocenters. The second-order valence-electron chi connectivity index (χ2n) is 13.6. The van der Waals surface area contributed by atoms with Crippen LogP contribution in [0.5, 0.6) is 0 Å². The molecule has 0 saturated carbocycles. The summed E-state index contributed by atoms with van der Waals surface area (Å²) in [6.07, 6.45) is 2.21. The molecule has 0 atom stereocenters. The summed E-state index contributed by atoms with van der Waals surface area (Å²) in [4.78, 5) is 0. The molecule has 0 aromatic heterocycles. The van der Waals surface area contributed by atoms with E-state index in [1.807, 2.05) is 0 Å². The second-order valence-corrected chi connectivity index (χ2v) is 13.6. The summed E-state index contributed by atoms with van der Waals surface area (Å²) < 4.78 is 0. The molecule has 8 aromatic carbocycles. The number of fused-ring (bicyclic) bond motifs is 6. The summed E-state index contributed by atoms with van der Waals surface area (Å²) in [6.45, 7) is 9.12. The molecule has 8 aromatic rings. The molecule has 0 aliphatic heterocycles. The van der Waals surface area contributed by atoms with Crippen LogP contribution in [0, 0.1) is 0 Å². The highest BCUT2D eigenvalue weighted by atomic mass is 14.2. The van der Waals surface area contributed by atoms with Crippen molar-refractivity contribution in [2.75, 3.05) is 0 Å². The average Bonchev–Trinajstić information content (AvgIpc) is 3.06. The van der Waals surface area contributed by atoms with Gasteiger partial charge in [0.1, 0.15) is 0 Å². The van der Waals surface area contributed by atoms with Gasteiger partial charge in [-0.05, 0) is 105 Å². The van der Waals surface area contributed by atoms with Gasteiger partial charge in [-0.3, -0.25) is 0 Å². The molecule has 0 spiro atoms. The summed E-state index contributed by atoms with van der Waals surface area (Å²) in [6, 6.07) is 50.2. The summed E-state index contributed by atoms with van der Waals surface area (Å²) >= 11 is 0. The summed E-state index contributed by atoms with van der Waals surface area (Å²) in [5, 5.41) is 13.2. The third-order valence-corrected chi connectivity index (χ3v) is 9.75. The molecule has 0 bridgehead atoms. The van der Waals surface area contributed by atoms with Gasteiger partial charge in [0.2, 0.25) is 0 Å². The van der Waals surface area contributed by atoms with E-state index in [0.717, 1.165) is 12.8 Å². The first-order valence-electron chi connectivity index (χ1n) is 16.3. The first kappa shape index (κ1) is 27.6. The van der Waals surface area contributed by atoms with Crippen LogP contribution in [0.3, 0.4) is 0 Å². The van der Waals surface area contributed by atoms with Crippen LogP contribution in [-0.4, -0.2) is 0 Å². The van der Waals surface area contributed by atoms with Gasteiger partial charge < -0.3 is 0 Å². The van der Waals surface area contributed by atoms with E-state index in [2.05, 4.69) is 161 Å². The van der Waals surface area contributed by atoms with Gasteiger partial charge >= 0.3 is 0 Å². The molecule has 218 valence electrons. The van der Waals surface area contributed by atoms with E-state index in [1.54, 1.807) is 0 Å². The zero-order valence-corrected chi connectivity index (χ0v) is 26.6. The molecule has 8 rings (SSSR count). The van der Waals surface area contributed by atoms with Crippen molar-refractivity contribution in [3.8, 4) is 22.3 Å². The number of hydrogen-bond donors (Lipinski definition) is 0. The fourth-order valence-corrected chi connectivity index (χ4v) is 7.60. The molecule has 0 radical (unpaired) electrons. The van der Waals surface area contributed by atoms with Crippen LogP contribution in [0.2, 0.25) is 0 Å². The smallest absolute Gasteiger partial charge is 0.00201 e. The highest BCUT2D eigenvalue weighted by Gasteiger charge is 2.20. The molecular formula is C45H38. The van der Waals surface area contributed by atoms with Crippen molar-refractivity contribution in [1.29, 1.82) is 0 Å². The maximum Gasteiger partial charge on any atom is -0.00201 e. The Morgan fingerprint density at radius 3 is 1.62 bits per heavy atom. The third kappa shape index (κ3) is 4.43. The van der Waals surface area contributed by atoms with Gasteiger partial charge in [-0.1, -0.05) is 162 Å². The standard InChI is InChI=1S/C45H38/c1-5-13-33-32-15-7-6-14-30(32)28-42-34-20-12-21-37(35(34)26-27-36(33)42)44-40-18-10-8-16-38(40)43(39-17-9-11-19-41(39)44)29-22-24-31(25-23-29)45(2,3)4/h6-12,14-28H,5,13H2,1-4H3. The normalized spacial score (nSPS) is 12.2. The lowest BCUT2D eigenvalue weighted by Gasteiger charge is -2.21. The van der Waals surface area contributed by atoms with Crippen LogP contribution >= 0.6 is 0 Å². The van der Waals surface area contributed by atoms with Crippen LogP contribution in [-0.2, 0) is 11.8 Å². The van der Waals surface area contributed by atoms with Gasteiger partial charge in [0, 0.05) is 0 Å². The van der Waals surface area contributed by atoms with Crippen LogP contribution in [0.15, 0.2) is 133 Å². The predicted octanol–water partition coefficient (Wildman–Crippen LogP) is 13.0. The minimum atomic E-state index is 0.120. The molecule has 0 N–H and O–H groups in total. The Morgan fingerprint density at radius 1 is 0.444 bits per heavy atom. The molecule has 0 nitrogen and oxygen atoms in total. The topological polar surface area (TPSA) is 0 Å². The van der Waals surface area contributed by atoms with Crippen molar-refractivity contribution in [3.05, 3.63) is 145 Å². The van der Waals surface area contributed by atoms with E-state index in [1.165, 1.54) is 87.2 Å². The lowest BCUT2D eigenvalue weighted by atomic mass is 9.82. The minimum Gasteiger partial charge on any atom is -0.0651 e. The Balaban J connectivity index is 1.45. The Labute approximate surface area is 266 Å². The lowest BCUT2D eigenvalue weighted by Crippen LogP contribution is -2.10. The van der Waals surface area contributed by atoms with E-state index >= 15 is 0 Å². The largest absolute Gasteiger partial charge is 0.0651 e. The second kappa shape index (κ2) is 10.6. The van der Waals surface area contributed by atoms with Crippen molar-refractivity contribution in [3.63, 3.8) is 0 Å². The first-order chi connectivity index (χ1) is 21.9. The summed E-state index contributed by atoms with van der Waals surface area (Å²) in [7, 11) is 0. The van der Waals surface area contributed by atoms with Crippen LogP contribution in [0.25, 0.3) is 76.1 Å². The van der Waals surface area contributed by atoms with Gasteiger partial charge in [0.25, 0.3) is 0 Å². The van der Waals surface area contributed by atoms with Crippen molar-refractivity contribution < 1.29 is 0 Å². The minimum absolute atomic E-state index is 0.120. The van der Waals surface area contributed by atoms with Gasteiger partial charge in [-0.15, -0.1) is 0 Å². The van der Waals surface area contributed by atoms with Crippen molar-refractivity contribution in [1.82, 2.24) is 0 Å². The molecule has 0 fully saturated rings. The monoisotopic (exact) mass is 578 g/mol. The van der Waals surface area contributed by atoms with E-state index in [9.17, 15) is 0 Å². The fraction of sp³-hybridized carbons (Fsp3) is 0.156.